The van der Waals surface area contributed by atoms with Crippen LogP contribution in [0.3, 0.4) is 0 Å². The fourth-order valence-corrected chi connectivity index (χ4v) is 2.85. The number of alkyl halides is 1. The second-order valence-electron chi connectivity index (χ2n) is 5.90. The summed E-state index contributed by atoms with van der Waals surface area (Å²) in [5, 5.41) is 14.9. The van der Waals surface area contributed by atoms with E-state index in [2.05, 4.69) is 36.2 Å². The molecule has 1 unspecified atom stereocenters. The van der Waals surface area contributed by atoms with Gasteiger partial charge in [0.1, 0.15) is 5.56 Å². The summed E-state index contributed by atoms with van der Waals surface area (Å²) in [5.41, 5.74) is 1.39. The lowest BCUT2D eigenvalue weighted by atomic mass is 10.00. The number of hydrogen-bond donors (Lipinski definition) is 2. The third-order valence-electron chi connectivity index (χ3n) is 4.20. The van der Waals surface area contributed by atoms with Gasteiger partial charge in [0.05, 0.1) is 14.2 Å². The summed E-state index contributed by atoms with van der Waals surface area (Å²) in [6.07, 6.45) is 3.37. The van der Waals surface area contributed by atoms with Gasteiger partial charge < -0.3 is 19.9 Å². The first-order chi connectivity index (χ1) is 12.6. The molecule has 0 saturated heterocycles. The number of benzene rings is 2. The Balaban J connectivity index is 0.000000331. The Bertz CT molecular complexity index is 770. The number of nitrogens with one attached hydrogen (secondary N) is 1. The molecule has 2 aliphatic carbocycles. The van der Waals surface area contributed by atoms with Gasteiger partial charge in [0.15, 0.2) is 11.5 Å². The highest BCUT2D eigenvalue weighted by Gasteiger charge is 2.13. The summed E-state index contributed by atoms with van der Waals surface area (Å²) >= 11 is 5.47. The first kappa shape index (κ1) is 20.3. The van der Waals surface area contributed by atoms with Gasteiger partial charge in [0, 0.05) is 12.1 Å². The fraction of sp³-hybridized carbons (Fsp3) is 0.333. The van der Waals surface area contributed by atoms with E-state index in [4.69, 9.17) is 26.2 Å². The van der Waals surface area contributed by atoms with Crippen LogP contribution in [0, 0.1) is 10.4 Å². The molecule has 4 nitrogen and oxygen atoms in total. The van der Waals surface area contributed by atoms with Crippen molar-refractivity contribution >= 4 is 11.6 Å². The number of aliphatic hydroxyl groups is 1. The second kappa shape index (κ2) is 10.2. The van der Waals surface area contributed by atoms with Gasteiger partial charge in [-0.2, -0.15) is 0 Å². The Morgan fingerprint density at radius 2 is 1.77 bits per heavy atom. The number of halogens is 1. The van der Waals surface area contributed by atoms with Gasteiger partial charge in [-0.3, -0.25) is 0 Å². The Morgan fingerprint density at radius 1 is 1.12 bits per heavy atom. The fourth-order valence-electron chi connectivity index (χ4n) is 2.74. The molecule has 5 heteroatoms. The predicted octanol–water partition coefficient (Wildman–Crippen LogP) is 3.41. The lowest BCUT2D eigenvalue weighted by Gasteiger charge is -2.16. The molecular weight excluding hydrogens is 350 g/mol. The van der Waals surface area contributed by atoms with Crippen molar-refractivity contribution in [1.82, 2.24) is 5.32 Å². The highest BCUT2D eigenvalue weighted by molar-refractivity contribution is 6.19. The zero-order valence-electron chi connectivity index (χ0n) is 15.3. The first-order valence-corrected chi connectivity index (χ1v) is 9.01. The first-order valence-electron chi connectivity index (χ1n) is 8.57. The van der Waals surface area contributed by atoms with Crippen molar-refractivity contribution in [1.29, 1.82) is 0 Å². The molecule has 2 aliphatic rings. The third kappa shape index (κ3) is 5.24. The van der Waals surface area contributed by atoms with Crippen LogP contribution in [-0.2, 0) is 12.8 Å². The quantitative estimate of drug-likeness (QED) is 0.342. The number of rotatable bonds is 9. The van der Waals surface area contributed by atoms with Crippen molar-refractivity contribution in [2.75, 3.05) is 27.3 Å². The Morgan fingerprint density at radius 3 is 2.19 bits per heavy atom. The highest BCUT2D eigenvalue weighted by atomic mass is 35.5. The monoisotopic (exact) mass is 375 g/mol. The SMILES string of the molecule is C=CCc1c(CCNCC(O)Cl)ccc(OC)c1OC.c1cc2ccc1=2. The van der Waals surface area contributed by atoms with E-state index in [0.29, 0.717) is 13.0 Å². The van der Waals surface area contributed by atoms with Crippen molar-refractivity contribution < 1.29 is 14.6 Å². The standard InChI is InChI=1S/C15H22ClNO3.C6H4/c1-4-5-12-11(8-9-17-10-14(16)18)6-7-13(19-2)15(12)20-3;1-2-6-4-3-5(1)6/h4,6-7,14,17-18H,1,5,8-10H2,2-3H3;1-4H. The van der Waals surface area contributed by atoms with Crippen LogP contribution in [0.15, 0.2) is 49.1 Å². The summed E-state index contributed by atoms with van der Waals surface area (Å²) in [5.74, 6) is 1.47. The minimum Gasteiger partial charge on any atom is -0.493 e. The summed E-state index contributed by atoms with van der Waals surface area (Å²) in [6.45, 7) is 4.88. The number of methoxy groups -OCH3 is 2. The smallest absolute Gasteiger partial charge is 0.164 e. The Labute approximate surface area is 159 Å². The maximum Gasteiger partial charge on any atom is 0.164 e. The van der Waals surface area contributed by atoms with E-state index in [1.54, 1.807) is 14.2 Å². The zero-order valence-corrected chi connectivity index (χ0v) is 16.1. The van der Waals surface area contributed by atoms with Crippen LogP contribution in [0.2, 0.25) is 0 Å². The molecule has 0 fully saturated rings. The second-order valence-corrected chi connectivity index (χ2v) is 6.40. The van der Waals surface area contributed by atoms with E-state index < -0.39 is 5.56 Å². The minimum absolute atomic E-state index is 0.367. The lowest BCUT2D eigenvalue weighted by Crippen LogP contribution is -2.25. The molecule has 0 heterocycles. The molecular formula is C21H26ClNO3. The topological polar surface area (TPSA) is 50.7 Å². The molecule has 2 N–H and O–H groups in total. The molecule has 140 valence electrons. The van der Waals surface area contributed by atoms with Gasteiger partial charge >= 0.3 is 0 Å². The molecule has 0 spiro atoms. The largest absolute Gasteiger partial charge is 0.493 e. The van der Waals surface area contributed by atoms with Crippen molar-refractivity contribution in [3.63, 3.8) is 0 Å². The van der Waals surface area contributed by atoms with Crippen molar-refractivity contribution in [2.24, 2.45) is 0 Å². The van der Waals surface area contributed by atoms with Crippen LogP contribution in [0.1, 0.15) is 11.1 Å². The molecule has 3 rings (SSSR count). The molecule has 0 bridgehead atoms. The zero-order chi connectivity index (χ0) is 18.9. The maximum absolute atomic E-state index is 8.99. The van der Waals surface area contributed by atoms with Crippen LogP contribution in [0.5, 0.6) is 11.5 Å². The number of hydrogen-bond acceptors (Lipinski definition) is 4. The number of ether oxygens (including phenoxy) is 2. The van der Waals surface area contributed by atoms with E-state index in [1.807, 2.05) is 18.2 Å². The van der Waals surface area contributed by atoms with Gasteiger partial charge in [0.25, 0.3) is 0 Å². The molecule has 1 atom stereocenters. The Hall–Kier alpha value is -2.01. The third-order valence-corrected chi connectivity index (χ3v) is 4.35. The van der Waals surface area contributed by atoms with Crippen LogP contribution >= 0.6 is 11.6 Å². The molecule has 0 aromatic heterocycles. The summed E-state index contributed by atoms with van der Waals surface area (Å²) in [7, 11) is 3.26. The van der Waals surface area contributed by atoms with Gasteiger partial charge in [-0.05, 0) is 41.5 Å². The Kier molecular flexibility index (Phi) is 7.98. The molecule has 0 aliphatic heterocycles. The van der Waals surface area contributed by atoms with Gasteiger partial charge in [-0.1, -0.05) is 48.0 Å². The lowest BCUT2D eigenvalue weighted by molar-refractivity contribution is 0.251. The van der Waals surface area contributed by atoms with Gasteiger partial charge in [0.2, 0.25) is 0 Å². The van der Waals surface area contributed by atoms with E-state index in [-0.39, 0.29) is 0 Å². The molecule has 1 aromatic rings. The predicted molar refractivity (Wildman–Crippen MR) is 106 cm³/mol. The van der Waals surface area contributed by atoms with Gasteiger partial charge in [-0.15, -0.1) is 6.58 Å². The number of aliphatic hydroxyl groups excluding tert-OH is 1. The van der Waals surface area contributed by atoms with Crippen molar-refractivity contribution in [3.8, 4) is 11.5 Å². The molecule has 0 saturated carbocycles. The average Bonchev–Trinajstić information content (AvgIpc) is 2.62. The van der Waals surface area contributed by atoms with Crippen molar-refractivity contribution in [2.45, 2.75) is 18.4 Å². The number of allylic oxidation sites excluding steroid dienone is 1. The molecule has 26 heavy (non-hydrogen) atoms. The van der Waals surface area contributed by atoms with E-state index in [9.17, 15) is 0 Å². The normalized spacial score (nSPS) is 11.8. The maximum atomic E-state index is 8.99. The van der Waals surface area contributed by atoms with Crippen LogP contribution < -0.4 is 14.8 Å². The molecule has 0 amide bonds. The van der Waals surface area contributed by atoms with E-state index >= 15 is 0 Å². The van der Waals surface area contributed by atoms with Crippen LogP contribution in [-0.4, -0.2) is 38.0 Å². The summed E-state index contributed by atoms with van der Waals surface area (Å²) < 4.78 is 10.8. The van der Waals surface area contributed by atoms with Crippen molar-refractivity contribution in [3.05, 3.63) is 70.6 Å². The van der Waals surface area contributed by atoms with Crippen LogP contribution in [0.25, 0.3) is 0 Å². The molecule has 1 aromatic carbocycles. The summed E-state index contributed by atoms with van der Waals surface area (Å²) in [4.78, 5) is 0. The minimum atomic E-state index is -0.854. The van der Waals surface area contributed by atoms with Gasteiger partial charge in [-0.25, -0.2) is 0 Å². The average molecular weight is 376 g/mol. The highest BCUT2D eigenvalue weighted by Crippen LogP contribution is 2.34. The summed E-state index contributed by atoms with van der Waals surface area (Å²) in [6, 6.07) is 12.4. The van der Waals surface area contributed by atoms with Crippen LogP contribution in [0.4, 0.5) is 0 Å². The molecule has 0 radical (unpaired) electrons. The van der Waals surface area contributed by atoms with E-state index in [1.165, 1.54) is 16.0 Å². The van der Waals surface area contributed by atoms with E-state index in [0.717, 1.165) is 30.0 Å².